The van der Waals surface area contributed by atoms with Gasteiger partial charge in [0, 0.05) is 17.6 Å². The Morgan fingerprint density at radius 2 is 2.04 bits per heavy atom. The zero-order valence-corrected chi connectivity index (χ0v) is 17.4. The summed E-state index contributed by atoms with van der Waals surface area (Å²) in [6.07, 6.45) is 1.88. The van der Waals surface area contributed by atoms with Crippen molar-refractivity contribution < 1.29 is 17.9 Å². The number of para-hydroxylation sites is 1. The van der Waals surface area contributed by atoms with E-state index in [1.165, 1.54) is 18.2 Å². The van der Waals surface area contributed by atoms with Gasteiger partial charge in [0.1, 0.15) is 4.90 Å². The second kappa shape index (κ2) is 8.60. The summed E-state index contributed by atoms with van der Waals surface area (Å²) in [5, 5.41) is 2.88. The fourth-order valence-electron chi connectivity index (χ4n) is 2.77. The third kappa shape index (κ3) is 5.01. The quantitative estimate of drug-likeness (QED) is 0.668. The number of carbonyl (C=O) groups is 1. The molecule has 0 saturated carbocycles. The minimum absolute atomic E-state index is 0.000578. The highest BCUT2D eigenvalue weighted by atomic mass is 79.9. The summed E-state index contributed by atoms with van der Waals surface area (Å²) >= 11 is 9.31. The van der Waals surface area contributed by atoms with Crippen LogP contribution < -0.4 is 10.0 Å². The molecule has 1 fully saturated rings. The number of nitrogens with one attached hydrogen (secondary N) is 2. The SMILES string of the molecule is O=C(NCC1CCCO1)c1ccccc1NS(=O)(=O)c1ccc(Br)cc1Cl. The number of hydrogen-bond donors (Lipinski definition) is 2. The zero-order chi connectivity index (χ0) is 19.4. The van der Waals surface area contributed by atoms with E-state index in [9.17, 15) is 13.2 Å². The van der Waals surface area contributed by atoms with Crippen molar-refractivity contribution >= 4 is 49.1 Å². The van der Waals surface area contributed by atoms with Gasteiger partial charge in [0.15, 0.2) is 0 Å². The zero-order valence-electron chi connectivity index (χ0n) is 14.2. The molecule has 0 bridgehead atoms. The van der Waals surface area contributed by atoms with Crippen LogP contribution in [0.4, 0.5) is 5.69 Å². The molecule has 6 nitrogen and oxygen atoms in total. The van der Waals surface area contributed by atoms with Crippen LogP contribution in [-0.2, 0) is 14.8 Å². The Bertz CT molecular complexity index is 946. The molecule has 2 aromatic rings. The first-order valence-corrected chi connectivity index (χ1v) is 11.0. The molecular formula is C18H18BrClN2O4S. The van der Waals surface area contributed by atoms with Crippen molar-refractivity contribution in [3.63, 3.8) is 0 Å². The van der Waals surface area contributed by atoms with E-state index in [1.54, 1.807) is 24.3 Å². The summed E-state index contributed by atoms with van der Waals surface area (Å²) in [6.45, 7) is 1.09. The molecule has 0 spiro atoms. The summed E-state index contributed by atoms with van der Waals surface area (Å²) in [6, 6.07) is 10.9. The summed E-state index contributed by atoms with van der Waals surface area (Å²) in [4.78, 5) is 12.5. The van der Waals surface area contributed by atoms with Gasteiger partial charge in [0.25, 0.3) is 15.9 Å². The van der Waals surface area contributed by atoms with Crippen LogP contribution in [-0.4, -0.2) is 33.6 Å². The van der Waals surface area contributed by atoms with Gasteiger partial charge < -0.3 is 10.1 Å². The highest BCUT2D eigenvalue weighted by Crippen LogP contribution is 2.28. The van der Waals surface area contributed by atoms with Gasteiger partial charge in [-0.15, -0.1) is 0 Å². The van der Waals surface area contributed by atoms with Crippen molar-refractivity contribution in [3.05, 3.63) is 57.5 Å². The third-order valence-corrected chi connectivity index (χ3v) is 6.46. The summed E-state index contributed by atoms with van der Waals surface area (Å²) < 4.78 is 34.0. The van der Waals surface area contributed by atoms with Crippen LogP contribution in [0.5, 0.6) is 0 Å². The number of hydrogen-bond acceptors (Lipinski definition) is 4. The first-order valence-electron chi connectivity index (χ1n) is 8.33. The van der Waals surface area contributed by atoms with Gasteiger partial charge in [0.05, 0.1) is 22.4 Å². The first-order chi connectivity index (χ1) is 12.9. The molecule has 27 heavy (non-hydrogen) atoms. The van der Waals surface area contributed by atoms with E-state index in [0.29, 0.717) is 17.6 Å². The van der Waals surface area contributed by atoms with Crippen LogP contribution in [0.2, 0.25) is 5.02 Å². The molecule has 1 aliphatic heterocycles. The van der Waals surface area contributed by atoms with Crippen LogP contribution in [0.1, 0.15) is 23.2 Å². The Hall–Kier alpha value is -1.61. The second-order valence-electron chi connectivity index (χ2n) is 6.07. The number of sulfonamides is 1. The molecule has 2 aromatic carbocycles. The standard InChI is InChI=1S/C18H18BrClN2O4S/c19-12-7-8-17(15(20)10-12)27(24,25)22-16-6-2-1-5-14(16)18(23)21-11-13-4-3-9-26-13/h1-2,5-8,10,13,22H,3-4,9,11H2,(H,21,23). The maximum atomic E-state index is 12.7. The molecule has 1 atom stereocenters. The predicted molar refractivity (Wildman–Crippen MR) is 108 cm³/mol. The number of amides is 1. The minimum atomic E-state index is -3.95. The Labute approximate surface area is 171 Å². The van der Waals surface area contributed by atoms with E-state index in [2.05, 4.69) is 26.0 Å². The van der Waals surface area contributed by atoms with Crippen LogP contribution in [0.3, 0.4) is 0 Å². The fourth-order valence-corrected chi connectivity index (χ4v) is 4.89. The Balaban J connectivity index is 1.79. The molecule has 0 radical (unpaired) electrons. The van der Waals surface area contributed by atoms with Gasteiger partial charge in [-0.3, -0.25) is 9.52 Å². The summed E-state index contributed by atoms with van der Waals surface area (Å²) in [5.74, 6) is -0.370. The number of ether oxygens (including phenoxy) is 1. The Kier molecular flexibility index (Phi) is 6.41. The smallest absolute Gasteiger partial charge is 0.263 e. The second-order valence-corrected chi connectivity index (χ2v) is 9.04. The van der Waals surface area contributed by atoms with Crippen molar-refractivity contribution in [1.29, 1.82) is 0 Å². The van der Waals surface area contributed by atoms with Crippen molar-refractivity contribution in [1.82, 2.24) is 5.32 Å². The minimum Gasteiger partial charge on any atom is -0.376 e. The van der Waals surface area contributed by atoms with Crippen LogP contribution in [0.15, 0.2) is 51.8 Å². The molecule has 1 unspecified atom stereocenters. The average Bonchev–Trinajstić information content (AvgIpc) is 3.13. The van der Waals surface area contributed by atoms with Crippen molar-refractivity contribution in [2.45, 2.75) is 23.8 Å². The lowest BCUT2D eigenvalue weighted by molar-refractivity contribution is 0.0858. The number of halogens is 2. The van der Waals surface area contributed by atoms with E-state index in [0.717, 1.165) is 12.8 Å². The molecule has 2 N–H and O–H groups in total. The molecule has 1 aliphatic rings. The summed E-state index contributed by atoms with van der Waals surface area (Å²) in [7, 11) is -3.95. The molecule has 1 amide bonds. The third-order valence-electron chi connectivity index (χ3n) is 4.11. The molecular weight excluding hydrogens is 456 g/mol. The molecule has 0 aliphatic carbocycles. The predicted octanol–water partition coefficient (Wildman–Crippen LogP) is 3.81. The molecule has 144 valence electrons. The van der Waals surface area contributed by atoms with Gasteiger partial charge in [-0.2, -0.15) is 0 Å². The topological polar surface area (TPSA) is 84.5 Å². The van der Waals surface area contributed by atoms with Crippen molar-refractivity contribution in [2.75, 3.05) is 17.9 Å². The average molecular weight is 474 g/mol. The van der Waals surface area contributed by atoms with Gasteiger partial charge in [0.2, 0.25) is 0 Å². The first kappa shape index (κ1) is 20.1. The molecule has 1 saturated heterocycles. The van der Waals surface area contributed by atoms with Gasteiger partial charge in [-0.05, 0) is 43.2 Å². The number of rotatable bonds is 6. The van der Waals surface area contributed by atoms with E-state index in [-0.39, 0.29) is 33.2 Å². The lowest BCUT2D eigenvalue weighted by atomic mass is 10.1. The molecule has 1 heterocycles. The Morgan fingerprint density at radius 1 is 1.26 bits per heavy atom. The Morgan fingerprint density at radius 3 is 2.74 bits per heavy atom. The molecule has 3 rings (SSSR count). The number of anilines is 1. The van der Waals surface area contributed by atoms with Gasteiger partial charge >= 0.3 is 0 Å². The normalized spacial score (nSPS) is 16.9. The largest absolute Gasteiger partial charge is 0.376 e. The van der Waals surface area contributed by atoms with Gasteiger partial charge in [-0.25, -0.2) is 8.42 Å². The van der Waals surface area contributed by atoms with E-state index < -0.39 is 10.0 Å². The van der Waals surface area contributed by atoms with Crippen LogP contribution in [0, 0.1) is 0 Å². The van der Waals surface area contributed by atoms with Crippen molar-refractivity contribution in [3.8, 4) is 0 Å². The van der Waals surface area contributed by atoms with Crippen LogP contribution in [0.25, 0.3) is 0 Å². The monoisotopic (exact) mass is 472 g/mol. The van der Waals surface area contributed by atoms with E-state index in [1.807, 2.05) is 0 Å². The number of carbonyl (C=O) groups excluding carboxylic acids is 1. The maximum absolute atomic E-state index is 12.7. The van der Waals surface area contributed by atoms with Crippen LogP contribution >= 0.6 is 27.5 Å². The summed E-state index contributed by atoms with van der Waals surface area (Å²) in [5.41, 5.74) is 0.411. The lowest BCUT2D eigenvalue weighted by Crippen LogP contribution is -2.32. The highest BCUT2D eigenvalue weighted by Gasteiger charge is 2.22. The molecule has 0 aromatic heterocycles. The highest BCUT2D eigenvalue weighted by molar-refractivity contribution is 9.10. The maximum Gasteiger partial charge on any atom is 0.263 e. The van der Waals surface area contributed by atoms with Gasteiger partial charge in [-0.1, -0.05) is 39.7 Å². The van der Waals surface area contributed by atoms with E-state index in [4.69, 9.17) is 16.3 Å². The van der Waals surface area contributed by atoms with Crippen molar-refractivity contribution in [2.24, 2.45) is 0 Å². The van der Waals surface area contributed by atoms with E-state index >= 15 is 0 Å². The molecule has 9 heteroatoms. The number of benzene rings is 2. The fraction of sp³-hybridized carbons (Fsp3) is 0.278. The lowest BCUT2D eigenvalue weighted by Gasteiger charge is -2.15.